The molecule has 2 aromatic rings. The van der Waals surface area contributed by atoms with Crippen molar-refractivity contribution >= 4 is 12.0 Å². The number of carbonyl (C=O) groups is 1. The Kier molecular flexibility index (Phi) is 4.51. The van der Waals surface area contributed by atoms with Gasteiger partial charge in [-0.05, 0) is 17.2 Å². The molecule has 2 nitrogen and oxygen atoms in total. The minimum atomic E-state index is -0.293. The molecule has 0 spiro atoms. The van der Waals surface area contributed by atoms with Gasteiger partial charge < -0.3 is 4.74 Å². The molecular weight excluding hydrogens is 236 g/mol. The van der Waals surface area contributed by atoms with Gasteiger partial charge in [-0.2, -0.15) is 0 Å². The summed E-state index contributed by atoms with van der Waals surface area (Å²) in [4.78, 5) is 11.2. The summed E-state index contributed by atoms with van der Waals surface area (Å²) < 4.78 is 5.28. The number of carbonyl (C=O) groups excluding carboxylic acids is 1. The van der Waals surface area contributed by atoms with Crippen molar-refractivity contribution in [2.24, 2.45) is 0 Å². The van der Waals surface area contributed by atoms with E-state index in [0.29, 0.717) is 12.2 Å². The molecule has 2 aromatic carbocycles. The molecule has 0 N–H and O–H groups in total. The molecular formula is C17H16O2. The monoisotopic (exact) mass is 252 g/mol. The van der Waals surface area contributed by atoms with E-state index in [1.807, 2.05) is 66.7 Å². The van der Waals surface area contributed by atoms with Gasteiger partial charge in [-0.25, -0.2) is 0 Å². The number of benzene rings is 2. The second-order valence-electron chi connectivity index (χ2n) is 4.28. The Hall–Kier alpha value is -2.35. The first-order valence-corrected chi connectivity index (χ1v) is 6.22. The number of ether oxygens (including phenoxy) is 1. The molecule has 19 heavy (non-hydrogen) atoms. The van der Waals surface area contributed by atoms with Crippen molar-refractivity contribution < 1.29 is 9.53 Å². The highest BCUT2D eigenvalue weighted by Gasteiger charge is 2.04. The van der Waals surface area contributed by atoms with E-state index in [1.165, 1.54) is 6.92 Å². The SMILES string of the molecule is CC(=O)O/C(=C/c1ccccc1)Cc1ccccc1. The van der Waals surface area contributed by atoms with E-state index >= 15 is 0 Å². The Balaban J connectivity index is 2.21. The normalized spacial score (nSPS) is 11.1. The summed E-state index contributed by atoms with van der Waals surface area (Å²) in [5.74, 6) is 0.364. The summed E-state index contributed by atoms with van der Waals surface area (Å²) in [5.41, 5.74) is 2.14. The Labute approximate surface area is 113 Å². The smallest absolute Gasteiger partial charge is 0.307 e. The van der Waals surface area contributed by atoms with E-state index in [1.54, 1.807) is 0 Å². The Morgan fingerprint density at radius 2 is 1.58 bits per heavy atom. The van der Waals surface area contributed by atoms with Crippen LogP contribution in [-0.4, -0.2) is 5.97 Å². The molecule has 0 atom stereocenters. The van der Waals surface area contributed by atoms with Crippen LogP contribution in [0.25, 0.3) is 6.08 Å². The van der Waals surface area contributed by atoms with E-state index < -0.39 is 0 Å². The van der Waals surface area contributed by atoms with Crippen molar-refractivity contribution in [1.29, 1.82) is 0 Å². The van der Waals surface area contributed by atoms with E-state index in [2.05, 4.69) is 0 Å². The first kappa shape index (κ1) is 13.1. The lowest BCUT2D eigenvalue weighted by Crippen LogP contribution is -2.01. The minimum Gasteiger partial charge on any atom is -0.431 e. The summed E-state index contributed by atoms with van der Waals surface area (Å²) in [6.45, 7) is 1.42. The lowest BCUT2D eigenvalue weighted by atomic mass is 10.1. The van der Waals surface area contributed by atoms with Gasteiger partial charge in [-0.1, -0.05) is 60.7 Å². The van der Waals surface area contributed by atoms with Gasteiger partial charge in [0.05, 0.1) is 0 Å². The van der Waals surface area contributed by atoms with Gasteiger partial charge in [0.15, 0.2) is 0 Å². The third-order valence-corrected chi connectivity index (χ3v) is 2.62. The standard InChI is InChI=1S/C17H16O2/c1-14(18)19-17(12-15-8-4-2-5-9-15)13-16-10-6-3-7-11-16/h2-12H,13H2,1H3/b17-12+. The average Bonchev–Trinajstić information content (AvgIpc) is 2.40. The third kappa shape index (κ3) is 4.43. The van der Waals surface area contributed by atoms with Crippen LogP contribution in [0.5, 0.6) is 0 Å². The highest BCUT2D eigenvalue weighted by Crippen LogP contribution is 2.14. The zero-order valence-electron chi connectivity index (χ0n) is 10.9. The first-order chi connectivity index (χ1) is 9.24. The van der Waals surface area contributed by atoms with Crippen molar-refractivity contribution in [3.8, 4) is 0 Å². The van der Waals surface area contributed by atoms with Gasteiger partial charge in [0.2, 0.25) is 0 Å². The predicted molar refractivity (Wildman–Crippen MR) is 76.3 cm³/mol. The maximum absolute atomic E-state index is 11.2. The summed E-state index contributed by atoms with van der Waals surface area (Å²) in [5, 5.41) is 0. The molecule has 0 unspecified atom stereocenters. The van der Waals surface area contributed by atoms with Crippen molar-refractivity contribution in [3.05, 3.63) is 77.5 Å². The molecule has 0 saturated carbocycles. The molecule has 0 aliphatic rings. The second kappa shape index (κ2) is 6.55. The number of hydrogen-bond acceptors (Lipinski definition) is 2. The topological polar surface area (TPSA) is 26.3 Å². The summed E-state index contributed by atoms with van der Waals surface area (Å²) in [6.07, 6.45) is 2.50. The van der Waals surface area contributed by atoms with Crippen LogP contribution in [-0.2, 0) is 16.0 Å². The van der Waals surface area contributed by atoms with Crippen LogP contribution in [0.2, 0.25) is 0 Å². The van der Waals surface area contributed by atoms with Crippen LogP contribution in [0.4, 0.5) is 0 Å². The van der Waals surface area contributed by atoms with E-state index in [9.17, 15) is 4.79 Å². The maximum Gasteiger partial charge on any atom is 0.307 e. The number of rotatable bonds is 4. The molecule has 0 aliphatic carbocycles. The number of hydrogen-bond donors (Lipinski definition) is 0. The van der Waals surface area contributed by atoms with Crippen molar-refractivity contribution in [2.45, 2.75) is 13.3 Å². The van der Waals surface area contributed by atoms with E-state index in [-0.39, 0.29) is 5.97 Å². The second-order valence-corrected chi connectivity index (χ2v) is 4.28. The van der Waals surface area contributed by atoms with Crippen molar-refractivity contribution in [3.63, 3.8) is 0 Å². The zero-order chi connectivity index (χ0) is 13.5. The Bertz CT molecular complexity index is 556. The summed E-state index contributed by atoms with van der Waals surface area (Å²) in [6, 6.07) is 19.8. The van der Waals surface area contributed by atoms with Gasteiger partial charge in [0, 0.05) is 13.3 Å². The molecule has 2 heteroatoms. The quantitative estimate of drug-likeness (QED) is 0.610. The van der Waals surface area contributed by atoms with Gasteiger partial charge in [-0.3, -0.25) is 4.79 Å². The zero-order valence-corrected chi connectivity index (χ0v) is 10.9. The molecule has 0 aliphatic heterocycles. The fraction of sp³-hybridized carbons (Fsp3) is 0.118. The molecule has 0 amide bonds. The lowest BCUT2D eigenvalue weighted by molar-refractivity contribution is -0.136. The molecule has 0 heterocycles. The van der Waals surface area contributed by atoms with Gasteiger partial charge >= 0.3 is 5.97 Å². The van der Waals surface area contributed by atoms with Crippen LogP contribution < -0.4 is 0 Å². The molecule has 0 aromatic heterocycles. The van der Waals surface area contributed by atoms with E-state index in [4.69, 9.17) is 4.74 Å². The highest BCUT2D eigenvalue weighted by atomic mass is 16.5. The van der Waals surface area contributed by atoms with Gasteiger partial charge in [0.25, 0.3) is 0 Å². The van der Waals surface area contributed by atoms with Crippen molar-refractivity contribution in [2.75, 3.05) is 0 Å². The largest absolute Gasteiger partial charge is 0.431 e. The molecule has 0 fully saturated rings. The number of allylic oxidation sites excluding steroid dienone is 1. The Morgan fingerprint density at radius 1 is 1.00 bits per heavy atom. The predicted octanol–water partition coefficient (Wildman–Crippen LogP) is 3.83. The summed E-state index contributed by atoms with van der Waals surface area (Å²) in [7, 11) is 0. The highest BCUT2D eigenvalue weighted by molar-refractivity contribution is 5.69. The number of esters is 1. The molecule has 96 valence electrons. The lowest BCUT2D eigenvalue weighted by Gasteiger charge is -2.07. The third-order valence-electron chi connectivity index (χ3n) is 2.62. The summed E-state index contributed by atoms with van der Waals surface area (Å²) >= 11 is 0. The fourth-order valence-electron chi connectivity index (χ4n) is 1.83. The Morgan fingerprint density at radius 3 is 2.16 bits per heavy atom. The first-order valence-electron chi connectivity index (χ1n) is 6.22. The van der Waals surface area contributed by atoms with Crippen molar-refractivity contribution in [1.82, 2.24) is 0 Å². The van der Waals surface area contributed by atoms with Gasteiger partial charge in [-0.15, -0.1) is 0 Å². The minimum absolute atomic E-state index is 0.293. The van der Waals surface area contributed by atoms with Crippen LogP contribution in [0.15, 0.2) is 66.4 Å². The average molecular weight is 252 g/mol. The van der Waals surface area contributed by atoms with E-state index in [0.717, 1.165) is 11.1 Å². The molecule has 0 radical (unpaired) electrons. The van der Waals surface area contributed by atoms with Crippen LogP contribution in [0, 0.1) is 0 Å². The molecule has 0 bridgehead atoms. The van der Waals surface area contributed by atoms with Crippen LogP contribution >= 0.6 is 0 Å². The fourth-order valence-corrected chi connectivity index (χ4v) is 1.83. The van der Waals surface area contributed by atoms with Crippen LogP contribution in [0.1, 0.15) is 18.1 Å². The molecule has 2 rings (SSSR count). The maximum atomic E-state index is 11.2. The van der Waals surface area contributed by atoms with Gasteiger partial charge in [0.1, 0.15) is 5.76 Å². The molecule has 0 saturated heterocycles. The van der Waals surface area contributed by atoms with Crippen LogP contribution in [0.3, 0.4) is 0 Å².